The molecule has 0 saturated heterocycles. The number of carbonyl (C=O) groups is 2. The van der Waals surface area contributed by atoms with Crippen molar-refractivity contribution < 1.29 is 9.59 Å². The number of benzene rings is 2. The van der Waals surface area contributed by atoms with E-state index in [1.807, 2.05) is 36.4 Å². The molecule has 2 aromatic carbocycles. The Morgan fingerprint density at radius 1 is 0.895 bits per heavy atom. The third-order valence-electron chi connectivity index (χ3n) is 4.09. The van der Waals surface area contributed by atoms with Gasteiger partial charge in [-0.1, -0.05) is 64.5 Å². The normalized spacial score (nSPS) is 27.1. The largest absolute Gasteiger partial charge is 0.293 e. The first kappa shape index (κ1) is 11.1. The molecule has 0 saturated carbocycles. The van der Waals surface area contributed by atoms with E-state index in [4.69, 9.17) is 0 Å². The number of ketones is 2. The Morgan fingerprint density at radius 3 is 2.32 bits per heavy atom. The van der Waals surface area contributed by atoms with Crippen LogP contribution in [0.2, 0.25) is 0 Å². The molecule has 0 unspecified atom stereocenters. The second-order valence-corrected chi connectivity index (χ2v) is 6.22. The molecule has 0 bridgehead atoms. The smallest absolute Gasteiger partial charge is 0.185 e. The molecule has 4 rings (SSSR count). The van der Waals surface area contributed by atoms with Crippen LogP contribution in [0.3, 0.4) is 0 Å². The van der Waals surface area contributed by atoms with Crippen molar-refractivity contribution in [3.05, 3.63) is 70.8 Å². The fraction of sp³-hybridized carbons (Fsp3) is 0.125. The Morgan fingerprint density at radius 2 is 1.53 bits per heavy atom. The van der Waals surface area contributed by atoms with E-state index in [0.29, 0.717) is 11.1 Å². The van der Waals surface area contributed by atoms with Crippen molar-refractivity contribution in [1.82, 2.24) is 0 Å². The summed E-state index contributed by atoms with van der Waals surface area (Å²) in [7, 11) is 0. The Hall–Kier alpha value is -1.74. The minimum Gasteiger partial charge on any atom is -0.293 e. The second kappa shape index (κ2) is 3.42. The van der Waals surface area contributed by atoms with E-state index in [9.17, 15) is 9.59 Å². The van der Waals surface area contributed by atoms with Crippen LogP contribution < -0.4 is 0 Å². The third kappa shape index (κ3) is 1.12. The number of Topliss-reactive ketones (excluding diaryl/α,β-unsaturated/α-hetero) is 2. The van der Waals surface area contributed by atoms with Crippen LogP contribution in [0.1, 0.15) is 37.8 Å². The van der Waals surface area contributed by atoms with E-state index in [2.05, 4.69) is 15.9 Å². The van der Waals surface area contributed by atoms with Gasteiger partial charge in [0.15, 0.2) is 11.6 Å². The molecule has 2 aliphatic rings. The molecule has 0 spiro atoms. The molecule has 2 atom stereocenters. The third-order valence-corrected chi connectivity index (χ3v) is 5.34. The van der Waals surface area contributed by atoms with E-state index in [0.717, 1.165) is 11.1 Å². The van der Waals surface area contributed by atoms with E-state index in [-0.39, 0.29) is 11.6 Å². The molecule has 0 aliphatic heterocycles. The van der Waals surface area contributed by atoms with Crippen molar-refractivity contribution in [3.8, 4) is 0 Å². The quantitative estimate of drug-likeness (QED) is 0.698. The van der Waals surface area contributed by atoms with Gasteiger partial charge in [0.1, 0.15) is 4.32 Å². The fourth-order valence-corrected chi connectivity index (χ4v) is 4.28. The lowest BCUT2D eigenvalue weighted by atomic mass is 9.92. The van der Waals surface area contributed by atoms with Gasteiger partial charge < -0.3 is 0 Å². The summed E-state index contributed by atoms with van der Waals surface area (Å²) in [5, 5.41) is 0. The average Bonchev–Trinajstić information content (AvgIpc) is 2.82. The molecule has 19 heavy (non-hydrogen) atoms. The monoisotopic (exact) mass is 312 g/mol. The highest BCUT2D eigenvalue weighted by atomic mass is 79.9. The standard InChI is InChI=1S/C16H9BrO2/c17-16-12-8-4-3-7-11(12)14(18)13(16)9-5-1-2-6-10(9)15(16)19/h1-8,13H/t13-,16-/m1/s1. The summed E-state index contributed by atoms with van der Waals surface area (Å²) >= 11 is 3.59. The molecule has 0 heterocycles. The zero-order chi connectivity index (χ0) is 13.2. The molecule has 0 radical (unpaired) electrons. The number of carbonyl (C=O) groups excluding carboxylic acids is 2. The van der Waals surface area contributed by atoms with E-state index < -0.39 is 10.2 Å². The molecule has 0 aromatic heterocycles. The first-order chi connectivity index (χ1) is 9.15. The predicted molar refractivity (Wildman–Crippen MR) is 74.9 cm³/mol. The number of hydrogen-bond acceptors (Lipinski definition) is 2. The molecule has 0 N–H and O–H groups in total. The van der Waals surface area contributed by atoms with Crippen molar-refractivity contribution in [2.75, 3.05) is 0 Å². The molecule has 92 valence electrons. The van der Waals surface area contributed by atoms with Crippen LogP contribution in [-0.4, -0.2) is 11.6 Å². The summed E-state index contributed by atoms with van der Waals surface area (Å²) in [4.78, 5) is 25.3. The lowest BCUT2D eigenvalue weighted by Gasteiger charge is -2.20. The van der Waals surface area contributed by atoms with Gasteiger partial charge in [0.05, 0.1) is 5.92 Å². The van der Waals surface area contributed by atoms with Gasteiger partial charge in [0, 0.05) is 11.1 Å². The molecular formula is C16H9BrO2. The van der Waals surface area contributed by atoms with E-state index >= 15 is 0 Å². The maximum atomic E-state index is 12.7. The zero-order valence-corrected chi connectivity index (χ0v) is 11.5. The Kier molecular flexibility index (Phi) is 2.00. The SMILES string of the molecule is O=C1c2ccccc2[C@]2(Br)C(=O)c3ccccc3[C@H]12. The summed E-state index contributed by atoms with van der Waals surface area (Å²) in [6.45, 7) is 0. The minimum absolute atomic E-state index is 0.00796. The zero-order valence-electron chi connectivity index (χ0n) is 9.89. The van der Waals surface area contributed by atoms with E-state index in [1.165, 1.54) is 0 Å². The summed E-state index contributed by atoms with van der Waals surface area (Å²) in [6, 6.07) is 14.8. The summed E-state index contributed by atoms with van der Waals surface area (Å²) in [6.07, 6.45) is 0. The van der Waals surface area contributed by atoms with Gasteiger partial charge in [0.2, 0.25) is 0 Å². The van der Waals surface area contributed by atoms with Crippen molar-refractivity contribution >= 4 is 27.5 Å². The fourth-order valence-electron chi connectivity index (χ4n) is 3.27. The van der Waals surface area contributed by atoms with Crippen LogP contribution in [-0.2, 0) is 4.32 Å². The molecule has 3 heteroatoms. The van der Waals surface area contributed by atoms with E-state index in [1.54, 1.807) is 12.1 Å². The Bertz CT molecular complexity index is 750. The molecule has 2 aromatic rings. The predicted octanol–water partition coefficient (Wildman–Crippen LogP) is 3.45. The maximum Gasteiger partial charge on any atom is 0.185 e. The number of alkyl halides is 1. The Labute approximate surface area is 118 Å². The highest BCUT2D eigenvalue weighted by molar-refractivity contribution is 9.10. The molecular weight excluding hydrogens is 304 g/mol. The second-order valence-electron chi connectivity index (χ2n) is 4.97. The Balaban J connectivity index is 2.08. The van der Waals surface area contributed by atoms with Crippen molar-refractivity contribution in [2.45, 2.75) is 10.2 Å². The summed E-state index contributed by atoms with van der Waals surface area (Å²) < 4.78 is -0.898. The number of hydrogen-bond donors (Lipinski definition) is 0. The lowest BCUT2D eigenvalue weighted by Crippen LogP contribution is -2.27. The van der Waals surface area contributed by atoms with Crippen LogP contribution >= 0.6 is 15.9 Å². The van der Waals surface area contributed by atoms with Crippen LogP contribution in [0.5, 0.6) is 0 Å². The number of halogens is 1. The number of fused-ring (bicyclic) bond motifs is 5. The molecule has 2 aliphatic carbocycles. The topological polar surface area (TPSA) is 34.1 Å². The molecule has 0 fully saturated rings. The van der Waals surface area contributed by atoms with Gasteiger partial charge in [0.25, 0.3) is 0 Å². The number of rotatable bonds is 0. The molecule has 2 nitrogen and oxygen atoms in total. The van der Waals surface area contributed by atoms with Gasteiger partial charge in [-0.05, 0) is 11.1 Å². The van der Waals surface area contributed by atoms with Crippen molar-refractivity contribution in [1.29, 1.82) is 0 Å². The van der Waals surface area contributed by atoms with Gasteiger partial charge >= 0.3 is 0 Å². The summed E-state index contributed by atoms with van der Waals surface area (Å²) in [5.74, 6) is -0.397. The van der Waals surface area contributed by atoms with Gasteiger partial charge in [-0.15, -0.1) is 0 Å². The van der Waals surface area contributed by atoms with Gasteiger partial charge in [-0.2, -0.15) is 0 Å². The van der Waals surface area contributed by atoms with Crippen LogP contribution in [0.15, 0.2) is 48.5 Å². The average molecular weight is 313 g/mol. The summed E-state index contributed by atoms with van der Waals surface area (Å²) in [5.41, 5.74) is 2.95. The molecule has 0 amide bonds. The van der Waals surface area contributed by atoms with Gasteiger partial charge in [-0.25, -0.2) is 0 Å². The first-order valence-corrected chi connectivity index (χ1v) is 6.91. The highest BCUT2D eigenvalue weighted by Crippen LogP contribution is 2.59. The lowest BCUT2D eigenvalue weighted by molar-refractivity contribution is 0.0900. The van der Waals surface area contributed by atoms with Gasteiger partial charge in [-0.3, -0.25) is 9.59 Å². The maximum absolute atomic E-state index is 12.7. The van der Waals surface area contributed by atoms with Crippen LogP contribution in [0, 0.1) is 0 Å². The first-order valence-electron chi connectivity index (χ1n) is 6.12. The van der Waals surface area contributed by atoms with Crippen molar-refractivity contribution in [3.63, 3.8) is 0 Å². The van der Waals surface area contributed by atoms with Crippen molar-refractivity contribution in [2.24, 2.45) is 0 Å². The minimum atomic E-state index is -0.898. The van der Waals surface area contributed by atoms with Crippen LogP contribution in [0.4, 0.5) is 0 Å². The highest BCUT2D eigenvalue weighted by Gasteiger charge is 2.60. The van der Waals surface area contributed by atoms with Crippen LogP contribution in [0.25, 0.3) is 0 Å².